The Hall–Kier alpha value is -1.07. The number of halogens is 1. The Bertz CT molecular complexity index is 474. The van der Waals surface area contributed by atoms with Crippen molar-refractivity contribution in [3.63, 3.8) is 0 Å². The number of aliphatic hydroxyl groups is 1. The molecule has 0 atom stereocenters. The van der Waals surface area contributed by atoms with Gasteiger partial charge in [0.15, 0.2) is 0 Å². The molecule has 1 aromatic rings. The Morgan fingerprint density at radius 2 is 2.22 bits per heavy atom. The molecule has 1 heterocycles. The van der Waals surface area contributed by atoms with Crippen LogP contribution >= 0.6 is 15.9 Å². The fourth-order valence-corrected chi connectivity index (χ4v) is 2.67. The van der Waals surface area contributed by atoms with Crippen molar-refractivity contribution in [1.29, 1.82) is 0 Å². The van der Waals surface area contributed by atoms with Gasteiger partial charge in [0.25, 0.3) is 0 Å². The number of carbonyl (C=O) groups excluding carboxylic acids is 1. The van der Waals surface area contributed by atoms with Crippen molar-refractivity contribution in [2.24, 2.45) is 0 Å². The Morgan fingerprint density at radius 1 is 1.50 bits per heavy atom. The molecule has 5 heteroatoms. The number of rotatable bonds is 2. The Morgan fingerprint density at radius 3 is 2.89 bits per heavy atom. The summed E-state index contributed by atoms with van der Waals surface area (Å²) in [5, 5.41) is 12.3. The normalized spacial score (nSPS) is 18.7. The Labute approximate surface area is 115 Å². The lowest BCUT2D eigenvalue weighted by Gasteiger charge is -2.43. The van der Waals surface area contributed by atoms with Gasteiger partial charge < -0.3 is 15.3 Å². The second-order valence-corrected chi connectivity index (χ2v) is 5.81. The monoisotopic (exact) mass is 312 g/mol. The van der Waals surface area contributed by atoms with Crippen molar-refractivity contribution in [2.75, 3.05) is 18.0 Å². The number of nitrogens with zero attached hydrogens (tertiary/aromatic N) is 1. The van der Waals surface area contributed by atoms with Gasteiger partial charge in [-0.15, -0.1) is 0 Å². The number of aliphatic hydroxyl groups excluding tert-OH is 1. The molecule has 2 rings (SSSR count). The van der Waals surface area contributed by atoms with E-state index < -0.39 is 5.54 Å². The van der Waals surface area contributed by atoms with E-state index in [1.807, 2.05) is 36.9 Å². The summed E-state index contributed by atoms with van der Waals surface area (Å²) in [6, 6.07) is 5.75. The molecule has 1 amide bonds. The summed E-state index contributed by atoms with van der Waals surface area (Å²) in [4.78, 5) is 14.0. The topological polar surface area (TPSA) is 52.6 Å². The van der Waals surface area contributed by atoms with Crippen molar-refractivity contribution in [1.82, 2.24) is 5.32 Å². The predicted octanol–water partition coefficient (Wildman–Crippen LogP) is 1.66. The van der Waals surface area contributed by atoms with Crippen LogP contribution in [0.15, 0.2) is 22.7 Å². The van der Waals surface area contributed by atoms with Crippen LogP contribution in [-0.4, -0.2) is 29.6 Å². The van der Waals surface area contributed by atoms with E-state index in [2.05, 4.69) is 21.2 Å². The van der Waals surface area contributed by atoms with Gasteiger partial charge in [-0.2, -0.15) is 0 Å². The number of anilines is 1. The Kier molecular flexibility index (Phi) is 3.64. The molecule has 0 aliphatic carbocycles. The number of amides is 1. The van der Waals surface area contributed by atoms with Crippen LogP contribution in [0.5, 0.6) is 0 Å². The second kappa shape index (κ2) is 4.90. The molecule has 1 aromatic carbocycles. The molecule has 98 valence electrons. The summed E-state index contributed by atoms with van der Waals surface area (Å²) in [5.74, 6) is 0.0144. The van der Waals surface area contributed by atoms with Crippen LogP contribution in [0.4, 0.5) is 5.69 Å². The van der Waals surface area contributed by atoms with Crippen LogP contribution < -0.4 is 10.2 Å². The van der Waals surface area contributed by atoms with E-state index >= 15 is 0 Å². The van der Waals surface area contributed by atoms with E-state index in [4.69, 9.17) is 0 Å². The zero-order valence-corrected chi connectivity index (χ0v) is 12.1. The molecule has 0 bridgehead atoms. The van der Waals surface area contributed by atoms with Crippen LogP contribution in [0.25, 0.3) is 0 Å². The molecule has 0 spiro atoms. The molecule has 4 nitrogen and oxygen atoms in total. The maximum Gasteiger partial charge on any atom is 0.245 e. The van der Waals surface area contributed by atoms with E-state index in [1.165, 1.54) is 0 Å². The van der Waals surface area contributed by atoms with Crippen LogP contribution in [0.3, 0.4) is 0 Å². The molecule has 1 fully saturated rings. The zero-order chi connectivity index (χ0) is 13.3. The molecular weight excluding hydrogens is 296 g/mol. The minimum Gasteiger partial charge on any atom is -0.392 e. The largest absolute Gasteiger partial charge is 0.392 e. The van der Waals surface area contributed by atoms with E-state index in [9.17, 15) is 9.90 Å². The number of carbonyl (C=O) groups is 1. The number of piperazine rings is 1. The molecular formula is C13H17BrN2O2. The fraction of sp³-hybridized carbons (Fsp3) is 0.462. The van der Waals surface area contributed by atoms with Crippen molar-refractivity contribution in [3.05, 3.63) is 28.2 Å². The van der Waals surface area contributed by atoms with Gasteiger partial charge in [0.1, 0.15) is 5.54 Å². The third-order valence-corrected chi connectivity index (χ3v) is 3.85. The van der Waals surface area contributed by atoms with Crippen LogP contribution in [-0.2, 0) is 11.4 Å². The first-order valence-electron chi connectivity index (χ1n) is 5.92. The number of hydrogen-bond donors (Lipinski definition) is 2. The Balaban J connectivity index is 2.44. The van der Waals surface area contributed by atoms with Gasteiger partial charge in [-0.05, 0) is 32.0 Å². The van der Waals surface area contributed by atoms with Gasteiger partial charge in [-0.3, -0.25) is 4.79 Å². The van der Waals surface area contributed by atoms with Crippen molar-refractivity contribution < 1.29 is 9.90 Å². The fourth-order valence-electron chi connectivity index (χ4n) is 2.27. The average Bonchev–Trinajstić information content (AvgIpc) is 2.33. The lowest BCUT2D eigenvalue weighted by Crippen LogP contribution is -2.62. The minimum atomic E-state index is -0.601. The molecule has 1 saturated heterocycles. The smallest absolute Gasteiger partial charge is 0.245 e. The van der Waals surface area contributed by atoms with Gasteiger partial charge >= 0.3 is 0 Å². The zero-order valence-electron chi connectivity index (χ0n) is 10.5. The molecule has 0 saturated carbocycles. The van der Waals surface area contributed by atoms with E-state index in [0.29, 0.717) is 6.54 Å². The highest BCUT2D eigenvalue weighted by Crippen LogP contribution is 2.31. The molecule has 0 radical (unpaired) electrons. The third kappa shape index (κ3) is 2.24. The molecule has 0 aromatic heterocycles. The maximum atomic E-state index is 11.9. The van der Waals surface area contributed by atoms with Crippen LogP contribution in [0.1, 0.15) is 19.4 Å². The van der Waals surface area contributed by atoms with Crippen LogP contribution in [0.2, 0.25) is 0 Å². The van der Waals surface area contributed by atoms with E-state index in [0.717, 1.165) is 22.3 Å². The molecule has 0 unspecified atom stereocenters. The second-order valence-electron chi connectivity index (χ2n) is 4.90. The lowest BCUT2D eigenvalue weighted by atomic mass is 9.96. The minimum absolute atomic E-state index is 0.0144. The summed E-state index contributed by atoms with van der Waals surface area (Å²) >= 11 is 3.39. The van der Waals surface area contributed by atoms with Crippen molar-refractivity contribution >= 4 is 27.5 Å². The highest BCUT2D eigenvalue weighted by atomic mass is 79.9. The van der Waals surface area contributed by atoms with Gasteiger partial charge in [0, 0.05) is 28.8 Å². The molecule has 2 N–H and O–H groups in total. The first-order chi connectivity index (χ1) is 8.46. The number of hydrogen-bond acceptors (Lipinski definition) is 3. The highest BCUT2D eigenvalue weighted by molar-refractivity contribution is 9.10. The molecule has 1 aliphatic heterocycles. The summed E-state index contributed by atoms with van der Waals surface area (Å²) in [7, 11) is 0. The SMILES string of the molecule is CC1(C)C(=O)NCCN1c1ccc(Br)cc1CO. The molecule has 1 aliphatic rings. The average molecular weight is 313 g/mol. The van der Waals surface area contributed by atoms with Gasteiger partial charge in [-0.1, -0.05) is 15.9 Å². The summed E-state index contributed by atoms with van der Waals surface area (Å²) in [6.07, 6.45) is 0. The summed E-state index contributed by atoms with van der Waals surface area (Å²) < 4.78 is 0.926. The predicted molar refractivity (Wildman–Crippen MR) is 74.5 cm³/mol. The molecule has 18 heavy (non-hydrogen) atoms. The lowest BCUT2D eigenvalue weighted by molar-refractivity contribution is -0.126. The van der Waals surface area contributed by atoms with Crippen LogP contribution in [0, 0.1) is 0 Å². The number of nitrogens with one attached hydrogen (secondary N) is 1. The quantitative estimate of drug-likeness (QED) is 0.873. The van der Waals surface area contributed by atoms with Gasteiger partial charge in [0.2, 0.25) is 5.91 Å². The first-order valence-corrected chi connectivity index (χ1v) is 6.71. The standard InChI is InChI=1S/C13H17BrN2O2/c1-13(2)12(18)15-5-6-16(13)11-4-3-10(14)7-9(11)8-17/h3-4,7,17H,5-6,8H2,1-2H3,(H,15,18). The van der Waals surface area contributed by atoms with Gasteiger partial charge in [0.05, 0.1) is 6.61 Å². The van der Waals surface area contributed by atoms with Gasteiger partial charge in [-0.25, -0.2) is 0 Å². The van der Waals surface area contributed by atoms with E-state index in [1.54, 1.807) is 0 Å². The third-order valence-electron chi connectivity index (χ3n) is 3.35. The van der Waals surface area contributed by atoms with E-state index in [-0.39, 0.29) is 12.5 Å². The maximum absolute atomic E-state index is 11.9. The highest BCUT2D eigenvalue weighted by Gasteiger charge is 2.38. The number of benzene rings is 1. The first kappa shape index (κ1) is 13.4. The summed E-state index contributed by atoms with van der Waals surface area (Å²) in [5.41, 5.74) is 1.14. The summed E-state index contributed by atoms with van der Waals surface area (Å²) in [6.45, 7) is 5.12. The van der Waals surface area contributed by atoms with Crippen molar-refractivity contribution in [3.8, 4) is 0 Å². The van der Waals surface area contributed by atoms with Crippen molar-refractivity contribution in [2.45, 2.75) is 26.0 Å².